The van der Waals surface area contributed by atoms with Crippen molar-refractivity contribution in [3.8, 4) is 5.75 Å². The van der Waals surface area contributed by atoms with Crippen LogP contribution < -0.4 is 15.4 Å². The van der Waals surface area contributed by atoms with Gasteiger partial charge >= 0.3 is 0 Å². The predicted octanol–water partition coefficient (Wildman–Crippen LogP) is 4.48. The first-order valence-electron chi connectivity index (χ1n) is 8.51. The number of anilines is 2. The summed E-state index contributed by atoms with van der Waals surface area (Å²) >= 11 is 7.20. The quantitative estimate of drug-likeness (QED) is 0.529. The standard InChI is InChI=1S/C20H19ClN4O2S/c1-27-17-8-6-16(7-9-17)23-19(26)13-28-20-11-10-18(24-25-20)22-12-14-2-4-15(21)5-3-14/h2-11H,12-13H2,1H3,(H,22,24)(H,23,26). The summed E-state index contributed by atoms with van der Waals surface area (Å²) in [5.41, 5.74) is 1.82. The van der Waals surface area contributed by atoms with Crippen LogP contribution in [0.5, 0.6) is 5.75 Å². The molecular weight excluding hydrogens is 396 g/mol. The van der Waals surface area contributed by atoms with Gasteiger partial charge in [-0.05, 0) is 54.1 Å². The van der Waals surface area contributed by atoms with Crippen LogP contribution in [0.2, 0.25) is 5.02 Å². The molecule has 8 heteroatoms. The number of halogens is 1. The van der Waals surface area contributed by atoms with Crippen LogP contribution in [0.3, 0.4) is 0 Å². The molecule has 0 saturated carbocycles. The van der Waals surface area contributed by atoms with E-state index >= 15 is 0 Å². The van der Waals surface area contributed by atoms with E-state index in [0.29, 0.717) is 22.4 Å². The van der Waals surface area contributed by atoms with Gasteiger partial charge in [-0.15, -0.1) is 10.2 Å². The molecule has 0 unspecified atom stereocenters. The van der Waals surface area contributed by atoms with Gasteiger partial charge in [0.05, 0.1) is 12.9 Å². The Kier molecular flexibility index (Phi) is 7.11. The smallest absolute Gasteiger partial charge is 0.234 e. The first-order valence-corrected chi connectivity index (χ1v) is 9.87. The van der Waals surface area contributed by atoms with Gasteiger partial charge < -0.3 is 15.4 Å². The van der Waals surface area contributed by atoms with Gasteiger partial charge in [0, 0.05) is 17.3 Å². The van der Waals surface area contributed by atoms with Crippen molar-refractivity contribution in [3.05, 3.63) is 71.2 Å². The second kappa shape index (κ2) is 9.96. The van der Waals surface area contributed by atoms with E-state index in [1.807, 2.05) is 36.4 Å². The maximum atomic E-state index is 12.1. The number of carbonyl (C=O) groups excluding carboxylic acids is 1. The fourth-order valence-electron chi connectivity index (χ4n) is 2.30. The van der Waals surface area contributed by atoms with E-state index in [9.17, 15) is 4.79 Å². The van der Waals surface area contributed by atoms with Crippen LogP contribution in [0.15, 0.2) is 65.7 Å². The monoisotopic (exact) mass is 414 g/mol. The molecule has 0 fully saturated rings. The average molecular weight is 415 g/mol. The lowest BCUT2D eigenvalue weighted by Gasteiger charge is -2.07. The van der Waals surface area contributed by atoms with E-state index in [1.165, 1.54) is 11.8 Å². The van der Waals surface area contributed by atoms with E-state index in [1.54, 1.807) is 31.4 Å². The first kappa shape index (κ1) is 20.0. The van der Waals surface area contributed by atoms with Crippen molar-refractivity contribution < 1.29 is 9.53 Å². The molecule has 144 valence electrons. The maximum absolute atomic E-state index is 12.1. The Balaban J connectivity index is 1.44. The zero-order valence-electron chi connectivity index (χ0n) is 15.2. The van der Waals surface area contributed by atoms with Crippen LogP contribution in [0.25, 0.3) is 0 Å². The Hall–Kier alpha value is -2.77. The number of benzene rings is 2. The molecular formula is C20H19ClN4O2S. The summed E-state index contributed by atoms with van der Waals surface area (Å²) in [7, 11) is 1.60. The lowest BCUT2D eigenvalue weighted by atomic mass is 10.2. The number of rotatable bonds is 8. The summed E-state index contributed by atoms with van der Waals surface area (Å²) in [6, 6.07) is 18.5. The zero-order chi connectivity index (χ0) is 19.8. The van der Waals surface area contributed by atoms with Crippen molar-refractivity contribution in [2.75, 3.05) is 23.5 Å². The molecule has 0 aliphatic heterocycles. The Morgan fingerprint density at radius 1 is 1.04 bits per heavy atom. The molecule has 1 aromatic heterocycles. The van der Waals surface area contributed by atoms with E-state index in [-0.39, 0.29) is 11.7 Å². The Labute approximate surface area is 172 Å². The van der Waals surface area contributed by atoms with Crippen molar-refractivity contribution in [1.82, 2.24) is 10.2 Å². The van der Waals surface area contributed by atoms with E-state index in [2.05, 4.69) is 20.8 Å². The highest BCUT2D eigenvalue weighted by Crippen LogP contribution is 2.18. The number of nitrogens with one attached hydrogen (secondary N) is 2. The molecule has 28 heavy (non-hydrogen) atoms. The average Bonchev–Trinajstić information content (AvgIpc) is 2.73. The van der Waals surface area contributed by atoms with Crippen molar-refractivity contribution in [2.45, 2.75) is 11.6 Å². The Morgan fingerprint density at radius 2 is 1.79 bits per heavy atom. The number of methoxy groups -OCH3 is 1. The van der Waals surface area contributed by atoms with Crippen molar-refractivity contribution >= 4 is 40.8 Å². The summed E-state index contributed by atoms with van der Waals surface area (Å²) in [6.45, 7) is 0.628. The number of aromatic nitrogens is 2. The van der Waals surface area contributed by atoms with Crippen LogP contribution >= 0.6 is 23.4 Å². The molecule has 0 bridgehead atoms. The third-order valence-corrected chi connectivity index (χ3v) is 4.92. The molecule has 0 spiro atoms. The lowest BCUT2D eigenvalue weighted by molar-refractivity contribution is -0.113. The lowest BCUT2D eigenvalue weighted by Crippen LogP contribution is -2.14. The number of hydrogen-bond donors (Lipinski definition) is 2. The largest absolute Gasteiger partial charge is 0.497 e. The molecule has 3 rings (SSSR count). The Bertz CT molecular complexity index is 903. The normalized spacial score (nSPS) is 10.4. The predicted molar refractivity (Wildman–Crippen MR) is 113 cm³/mol. The summed E-state index contributed by atoms with van der Waals surface area (Å²) in [6.07, 6.45) is 0. The number of hydrogen-bond acceptors (Lipinski definition) is 6. The van der Waals surface area contributed by atoms with Gasteiger partial charge in [0.25, 0.3) is 0 Å². The zero-order valence-corrected chi connectivity index (χ0v) is 16.8. The van der Waals surface area contributed by atoms with E-state index in [0.717, 1.165) is 17.0 Å². The minimum atomic E-state index is -0.109. The summed E-state index contributed by atoms with van der Waals surface area (Å²) in [5, 5.41) is 15.7. The van der Waals surface area contributed by atoms with Crippen LogP contribution in [-0.2, 0) is 11.3 Å². The highest BCUT2D eigenvalue weighted by molar-refractivity contribution is 7.99. The van der Waals surface area contributed by atoms with E-state index < -0.39 is 0 Å². The third kappa shape index (κ3) is 6.14. The number of carbonyl (C=O) groups is 1. The number of ether oxygens (including phenoxy) is 1. The SMILES string of the molecule is COc1ccc(NC(=O)CSc2ccc(NCc3ccc(Cl)cc3)nn2)cc1. The summed E-state index contributed by atoms with van der Waals surface area (Å²) < 4.78 is 5.09. The van der Waals surface area contributed by atoms with Crippen molar-refractivity contribution in [3.63, 3.8) is 0 Å². The van der Waals surface area contributed by atoms with Crippen LogP contribution in [0.1, 0.15) is 5.56 Å². The van der Waals surface area contributed by atoms with Crippen molar-refractivity contribution in [1.29, 1.82) is 0 Å². The van der Waals surface area contributed by atoms with Crippen LogP contribution in [0.4, 0.5) is 11.5 Å². The van der Waals surface area contributed by atoms with E-state index in [4.69, 9.17) is 16.3 Å². The van der Waals surface area contributed by atoms with Gasteiger partial charge in [-0.1, -0.05) is 35.5 Å². The highest BCUT2D eigenvalue weighted by atomic mass is 35.5. The van der Waals surface area contributed by atoms with Gasteiger partial charge in [0.1, 0.15) is 16.6 Å². The fourth-order valence-corrected chi connectivity index (χ4v) is 3.04. The third-order valence-electron chi connectivity index (χ3n) is 3.75. The first-order chi connectivity index (χ1) is 13.6. The number of amides is 1. The van der Waals surface area contributed by atoms with Gasteiger partial charge in [-0.2, -0.15) is 0 Å². The van der Waals surface area contributed by atoms with Gasteiger partial charge in [-0.25, -0.2) is 0 Å². The Morgan fingerprint density at radius 3 is 2.43 bits per heavy atom. The number of nitrogens with zero attached hydrogens (tertiary/aromatic N) is 2. The minimum Gasteiger partial charge on any atom is -0.497 e. The minimum absolute atomic E-state index is 0.109. The molecule has 3 aromatic rings. The fraction of sp³-hybridized carbons (Fsp3) is 0.150. The number of thioether (sulfide) groups is 1. The highest BCUT2D eigenvalue weighted by Gasteiger charge is 2.06. The molecule has 1 heterocycles. The van der Waals surface area contributed by atoms with Gasteiger partial charge in [0.2, 0.25) is 5.91 Å². The summed E-state index contributed by atoms with van der Waals surface area (Å²) in [5.74, 6) is 1.55. The molecule has 0 radical (unpaired) electrons. The molecule has 2 N–H and O–H groups in total. The maximum Gasteiger partial charge on any atom is 0.234 e. The molecule has 6 nitrogen and oxygen atoms in total. The molecule has 0 saturated heterocycles. The van der Waals surface area contributed by atoms with Crippen LogP contribution in [0, 0.1) is 0 Å². The van der Waals surface area contributed by atoms with Crippen molar-refractivity contribution in [2.24, 2.45) is 0 Å². The second-order valence-corrected chi connectivity index (χ2v) is 7.23. The molecule has 0 aliphatic carbocycles. The topological polar surface area (TPSA) is 76.1 Å². The van der Waals surface area contributed by atoms with Crippen LogP contribution in [-0.4, -0.2) is 29.0 Å². The molecule has 2 aromatic carbocycles. The molecule has 0 atom stereocenters. The molecule has 0 aliphatic rings. The summed E-state index contributed by atoms with van der Waals surface area (Å²) in [4.78, 5) is 12.1. The van der Waals surface area contributed by atoms with Gasteiger partial charge in [0.15, 0.2) is 0 Å². The van der Waals surface area contributed by atoms with Gasteiger partial charge in [-0.3, -0.25) is 4.79 Å². The molecule has 1 amide bonds. The second-order valence-electron chi connectivity index (χ2n) is 5.80.